The molecule has 0 atom stereocenters. The number of aromatic nitrogens is 3. The molecule has 0 aliphatic heterocycles. The van der Waals surface area contributed by atoms with Gasteiger partial charge in [-0.25, -0.2) is 0 Å². The molecule has 5 nitrogen and oxygen atoms in total. The van der Waals surface area contributed by atoms with Crippen LogP contribution in [-0.4, -0.2) is 27.6 Å². The van der Waals surface area contributed by atoms with Gasteiger partial charge >= 0.3 is 5.97 Å². The second kappa shape index (κ2) is 4.36. The van der Waals surface area contributed by atoms with Crippen molar-refractivity contribution < 1.29 is 9.53 Å². The smallest absolute Gasteiger partial charge is 0.311 e. The van der Waals surface area contributed by atoms with Gasteiger partial charge in [0, 0.05) is 7.05 Å². The molecular formula is C7H10BrN3O2. The van der Waals surface area contributed by atoms with Crippen LogP contribution in [0, 0.1) is 0 Å². The van der Waals surface area contributed by atoms with E-state index < -0.39 is 0 Å². The number of carbonyl (C=O) groups is 1. The summed E-state index contributed by atoms with van der Waals surface area (Å²) in [5, 5.41) is 7.49. The minimum Gasteiger partial charge on any atom is -0.466 e. The third-order valence-electron chi connectivity index (χ3n) is 1.51. The molecule has 6 heteroatoms. The zero-order valence-electron chi connectivity index (χ0n) is 7.45. The highest BCUT2D eigenvalue weighted by atomic mass is 79.9. The number of aryl methyl sites for hydroxylation is 1. The van der Waals surface area contributed by atoms with E-state index >= 15 is 0 Å². The number of carbonyl (C=O) groups excluding carboxylic acids is 1. The lowest BCUT2D eigenvalue weighted by Crippen LogP contribution is -2.11. The van der Waals surface area contributed by atoms with Gasteiger partial charge in [-0.2, -0.15) is 0 Å². The van der Waals surface area contributed by atoms with E-state index in [2.05, 4.69) is 26.2 Å². The lowest BCUT2D eigenvalue weighted by molar-refractivity contribution is -0.142. The highest BCUT2D eigenvalue weighted by molar-refractivity contribution is 9.10. The Morgan fingerprint density at radius 3 is 2.85 bits per heavy atom. The monoisotopic (exact) mass is 247 g/mol. The van der Waals surface area contributed by atoms with Crippen molar-refractivity contribution in [3.63, 3.8) is 0 Å². The third-order valence-corrected chi connectivity index (χ3v) is 2.13. The van der Waals surface area contributed by atoms with E-state index in [9.17, 15) is 4.79 Å². The van der Waals surface area contributed by atoms with Crippen LogP contribution in [0.3, 0.4) is 0 Å². The fourth-order valence-corrected chi connectivity index (χ4v) is 1.36. The maximum atomic E-state index is 11.1. The number of rotatable bonds is 3. The molecule has 1 aromatic heterocycles. The van der Waals surface area contributed by atoms with Crippen molar-refractivity contribution in [3.8, 4) is 0 Å². The average Bonchev–Trinajstić information content (AvgIpc) is 2.36. The summed E-state index contributed by atoms with van der Waals surface area (Å²) in [6, 6.07) is 0. The Balaban J connectivity index is 2.68. The van der Waals surface area contributed by atoms with Gasteiger partial charge in [0.25, 0.3) is 0 Å². The standard InChI is InChI=1S/C7H10BrN3O2/c1-3-13-6(12)4-5-7(8)9-10-11(5)2/h3-4H2,1-2H3. The summed E-state index contributed by atoms with van der Waals surface area (Å²) in [6.45, 7) is 2.16. The van der Waals surface area contributed by atoms with Crippen molar-refractivity contribution in [3.05, 3.63) is 10.3 Å². The maximum absolute atomic E-state index is 11.1. The summed E-state index contributed by atoms with van der Waals surface area (Å²) in [6.07, 6.45) is 0.192. The molecule has 0 saturated heterocycles. The Kier molecular flexibility index (Phi) is 3.41. The summed E-state index contributed by atoms with van der Waals surface area (Å²) >= 11 is 3.19. The van der Waals surface area contributed by atoms with Crippen LogP contribution in [0.15, 0.2) is 4.60 Å². The molecule has 0 amide bonds. The Bertz CT molecular complexity index is 291. The first-order valence-electron chi connectivity index (χ1n) is 3.84. The molecule has 1 heterocycles. The van der Waals surface area contributed by atoms with Crippen molar-refractivity contribution in [1.29, 1.82) is 0 Å². The second-order valence-corrected chi connectivity index (χ2v) is 3.18. The Morgan fingerprint density at radius 2 is 2.38 bits per heavy atom. The topological polar surface area (TPSA) is 57.0 Å². The lowest BCUT2D eigenvalue weighted by Gasteiger charge is -2.01. The molecule has 1 rings (SSSR count). The Morgan fingerprint density at radius 1 is 1.69 bits per heavy atom. The van der Waals surface area contributed by atoms with Crippen LogP contribution in [0.1, 0.15) is 12.6 Å². The fourth-order valence-electron chi connectivity index (χ4n) is 0.888. The largest absolute Gasteiger partial charge is 0.466 e. The summed E-state index contributed by atoms with van der Waals surface area (Å²) in [4.78, 5) is 11.1. The number of nitrogens with zero attached hydrogens (tertiary/aromatic N) is 3. The lowest BCUT2D eigenvalue weighted by atomic mass is 10.3. The second-order valence-electron chi connectivity index (χ2n) is 2.43. The van der Waals surface area contributed by atoms with Crippen LogP contribution >= 0.6 is 15.9 Å². The van der Waals surface area contributed by atoms with Gasteiger partial charge in [0.2, 0.25) is 0 Å². The molecule has 1 aromatic rings. The molecule has 0 bridgehead atoms. The molecule has 0 spiro atoms. The first-order chi connectivity index (χ1) is 6.15. The van der Waals surface area contributed by atoms with E-state index in [-0.39, 0.29) is 12.4 Å². The first kappa shape index (κ1) is 10.2. The van der Waals surface area contributed by atoms with Gasteiger partial charge in [-0.05, 0) is 22.9 Å². The van der Waals surface area contributed by atoms with Gasteiger partial charge in [-0.3, -0.25) is 9.48 Å². The average molecular weight is 248 g/mol. The van der Waals surface area contributed by atoms with Crippen molar-refractivity contribution in [2.45, 2.75) is 13.3 Å². The zero-order chi connectivity index (χ0) is 9.84. The SMILES string of the molecule is CCOC(=O)Cc1c(Br)nnn1C. The van der Waals surface area contributed by atoms with Gasteiger partial charge < -0.3 is 4.74 Å². The van der Waals surface area contributed by atoms with Crippen molar-refractivity contribution >= 4 is 21.9 Å². The van der Waals surface area contributed by atoms with E-state index in [4.69, 9.17) is 4.74 Å². The van der Waals surface area contributed by atoms with Crippen LogP contribution < -0.4 is 0 Å². The number of hydrogen-bond acceptors (Lipinski definition) is 4. The van der Waals surface area contributed by atoms with Gasteiger partial charge in [0.05, 0.1) is 18.7 Å². The Hall–Kier alpha value is -0.910. The van der Waals surface area contributed by atoms with Crippen LogP contribution in [0.2, 0.25) is 0 Å². The van der Waals surface area contributed by atoms with E-state index in [1.165, 1.54) is 0 Å². The molecule has 0 unspecified atom stereocenters. The van der Waals surface area contributed by atoms with Crippen molar-refractivity contribution in [2.75, 3.05) is 6.61 Å². The number of esters is 1. The molecule has 0 N–H and O–H groups in total. The predicted molar refractivity (Wildman–Crippen MR) is 49.0 cm³/mol. The third kappa shape index (κ3) is 2.51. The summed E-state index contributed by atoms with van der Waals surface area (Å²) in [7, 11) is 1.73. The maximum Gasteiger partial charge on any atom is 0.311 e. The molecule has 72 valence electrons. The zero-order valence-corrected chi connectivity index (χ0v) is 9.04. The van der Waals surface area contributed by atoms with Gasteiger partial charge in [0.15, 0.2) is 4.60 Å². The number of ether oxygens (including phenoxy) is 1. The molecule has 0 radical (unpaired) electrons. The van der Waals surface area contributed by atoms with Gasteiger partial charge in [0.1, 0.15) is 0 Å². The molecule has 0 saturated carbocycles. The molecule has 0 aliphatic carbocycles. The van der Waals surface area contributed by atoms with Gasteiger partial charge in [-0.1, -0.05) is 5.21 Å². The minimum absolute atomic E-state index is 0.192. The van der Waals surface area contributed by atoms with E-state index in [0.717, 1.165) is 5.69 Å². The molecule has 0 aliphatic rings. The summed E-state index contributed by atoms with van der Waals surface area (Å²) in [5.41, 5.74) is 0.721. The van der Waals surface area contributed by atoms with Gasteiger partial charge in [-0.15, -0.1) is 5.10 Å². The van der Waals surface area contributed by atoms with E-state index in [0.29, 0.717) is 11.2 Å². The highest BCUT2D eigenvalue weighted by Gasteiger charge is 2.12. The summed E-state index contributed by atoms with van der Waals surface area (Å²) < 4.78 is 6.93. The summed E-state index contributed by atoms with van der Waals surface area (Å²) in [5.74, 6) is -0.270. The normalized spacial score (nSPS) is 10.1. The first-order valence-corrected chi connectivity index (χ1v) is 4.64. The van der Waals surface area contributed by atoms with Crippen molar-refractivity contribution in [2.24, 2.45) is 7.05 Å². The van der Waals surface area contributed by atoms with Crippen molar-refractivity contribution in [1.82, 2.24) is 15.0 Å². The van der Waals surface area contributed by atoms with Crippen LogP contribution in [0.4, 0.5) is 0 Å². The number of hydrogen-bond donors (Lipinski definition) is 0. The van der Waals surface area contributed by atoms with Crippen LogP contribution in [0.25, 0.3) is 0 Å². The minimum atomic E-state index is -0.270. The molecule has 0 fully saturated rings. The quantitative estimate of drug-likeness (QED) is 0.738. The van der Waals surface area contributed by atoms with Crippen LogP contribution in [-0.2, 0) is 23.0 Å². The highest BCUT2D eigenvalue weighted by Crippen LogP contribution is 2.12. The molecular weight excluding hydrogens is 238 g/mol. The van der Waals surface area contributed by atoms with Crippen LogP contribution in [0.5, 0.6) is 0 Å². The fraction of sp³-hybridized carbons (Fsp3) is 0.571. The van der Waals surface area contributed by atoms with E-state index in [1.54, 1.807) is 18.7 Å². The number of halogens is 1. The van der Waals surface area contributed by atoms with E-state index in [1.807, 2.05) is 0 Å². The molecule has 13 heavy (non-hydrogen) atoms. The predicted octanol–water partition coefficient (Wildman–Crippen LogP) is 0.683. The molecule has 0 aromatic carbocycles. The Labute approximate surface area is 84.2 Å².